The number of amides is 1. The fourth-order valence-electron chi connectivity index (χ4n) is 4.23. The van der Waals surface area contributed by atoms with E-state index >= 15 is 0 Å². The average Bonchev–Trinajstić information content (AvgIpc) is 3.22. The highest BCUT2D eigenvalue weighted by molar-refractivity contribution is 5.98. The molecule has 0 bridgehead atoms. The zero-order chi connectivity index (χ0) is 23.6. The second-order valence-electron chi connectivity index (χ2n) is 9.82. The highest BCUT2D eigenvalue weighted by Gasteiger charge is 2.23. The van der Waals surface area contributed by atoms with Crippen LogP contribution < -0.4 is 4.74 Å². The number of ether oxygens (including phenoxy) is 1. The molecule has 172 valence electrons. The molecule has 0 spiro atoms. The van der Waals surface area contributed by atoms with Gasteiger partial charge in [-0.2, -0.15) is 0 Å². The summed E-state index contributed by atoms with van der Waals surface area (Å²) in [4.78, 5) is 22.8. The predicted octanol–water partition coefficient (Wildman–Crippen LogP) is 5.90. The molecule has 0 atom stereocenters. The molecule has 1 aliphatic heterocycles. The molecule has 2 heterocycles. The minimum Gasteiger partial charge on any atom is -0.496 e. The third-order valence-electron chi connectivity index (χ3n) is 6.15. The minimum atomic E-state index is 0.117. The Labute approximate surface area is 196 Å². The van der Waals surface area contributed by atoms with Gasteiger partial charge in [-0.1, -0.05) is 51.1 Å². The number of nitrogens with one attached hydrogen (secondary N) is 1. The molecule has 4 rings (SSSR count). The van der Waals surface area contributed by atoms with Crippen LogP contribution in [0.15, 0.2) is 54.2 Å². The molecule has 1 amide bonds. The van der Waals surface area contributed by atoms with E-state index in [0.717, 1.165) is 58.9 Å². The number of imidazole rings is 1. The van der Waals surface area contributed by atoms with Crippen LogP contribution in [0.2, 0.25) is 0 Å². The van der Waals surface area contributed by atoms with E-state index in [0.29, 0.717) is 6.54 Å². The zero-order valence-corrected chi connectivity index (χ0v) is 20.2. The van der Waals surface area contributed by atoms with Crippen LogP contribution in [0.4, 0.5) is 0 Å². The van der Waals surface area contributed by atoms with Gasteiger partial charge in [-0.25, -0.2) is 4.98 Å². The van der Waals surface area contributed by atoms with E-state index < -0.39 is 0 Å². The third kappa shape index (κ3) is 5.19. The smallest absolute Gasteiger partial charge is 0.250 e. The van der Waals surface area contributed by atoms with Crippen molar-refractivity contribution in [3.63, 3.8) is 0 Å². The van der Waals surface area contributed by atoms with E-state index in [1.165, 1.54) is 5.56 Å². The summed E-state index contributed by atoms with van der Waals surface area (Å²) in [6.45, 7) is 10.0. The molecule has 33 heavy (non-hydrogen) atoms. The van der Waals surface area contributed by atoms with Crippen LogP contribution in [0.3, 0.4) is 0 Å². The Bertz CT molecular complexity index is 1170. The van der Waals surface area contributed by atoms with Crippen molar-refractivity contribution >= 4 is 12.0 Å². The maximum Gasteiger partial charge on any atom is 0.250 e. The maximum absolute atomic E-state index is 13.2. The second-order valence-corrected chi connectivity index (χ2v) is 9.82. The number of methoxy groups -OCH3 is 1. The first kappa shape index (κ1) is 22.8. The highest BCUT2D eigenvalue weighted by Crippen LogP contribution is 2.31. The Morgan fingerprint density at radius 2 is 1.91 bits per heavy atom. The number of hydrogen-bond acceptors (Lipinski definition) is 3. The van der Waals surface area contributed by atoms with Crippen molar-refractivity contribution in [2.24, 2.45) is 0 Å². The number of hydrogen-bond donors (Lipinski definition) is 1. The molecule has 0 saturated carbocycles. The van der Waals surface area contributed by atoms with Crippen LogP contribution in [0.5, 0.6) is 5.75 Å². The quantitative estimate of drug-likeness (QED) is 0.500. The number of piperidine rings is 1. The van der Waals surface area contributed by atoms with Crippen molar-refractivity contribution in [2.75, 3.05) is 13.7 Å². The Morgan fingerprint density at radius 1 is 1.15 bits per heavy atom. The first-order valence-electron chi connectivity index (χ1n) is 11.5. The molecule has 0 radical (unpaired) electrons. The second kappa shape index (κ2) is 9.26. The molecule has 1 saturated heterocycles. The Balaban J connectivity index is 1.52. The number of H-pyrrole nitrogens is 1. The monoisotopic (exact) mass is 443 g/mol. The first-order chi connectivity index (χ1) is 15.7. The van der Waals surface area contributed by atoms with Crippen LogP contribution in [0, 0.1) is 6.92 Å². The number of aromatic amines is 1. The SMILES string of the molecule is COc1cc(C=C2CCCN(Cc3ccc(C(C)(C)C)cc3)C2=O)ccc1-c1ncc(C)[nH]1. The van der Waals surface area contributed by atoms with Gasteiger partial charge in [-0.15, -0.1) is 0 Å². The van der Waals surface area contributed by atoms with Crippen molar-refractivity contribution in [3.8, 4) is 17.1 Å². The summed E-state index contributed by atoms with van der Waals surface area (Å²) in [5.41, 5.74) is 6.30. The van der Waals surface area contributed by atoms with Gasteiger partial charge in [-0.3, -0.25) is 4.79 Å². The summed E-state index contributed by atoms with van der Waals surface area (Å²) in [6.07, 6.45) is 5.56. The van der Waals surface area contributed by atoms with E-state index in [1.54, 1.807) is 13.3 Å². The molecule has 0 aliphatic carbocycles. The van der Waals surface area contributed by atoms with Gasteiger partial charge in [0.1, 0.15) is 11.6 Å². The lowest BCUT2D eigenvalue weighted by atomic mass is 9.86. The van der Waals surface area contributed by atoms with E-state index in [1.807, 2.05) is 36.1 Å². The van der Waals surface area contributed by atoms with Crippen LogP contribution in [0.1, 0.15) is 56.0 Å². The van der Waals surface area contributed by atoms with E-state index in [2.05, 4.69) is 55.0 Å². The van der Waals surface area contributed by atoms with Gasteiger partial charge in [0.05, 0.1) is 12.7 Å². The number of nitrogens with zero attached hydrogens (tertiary/aromatic N) is 2. The molecule has 1 N–H and O–H groups in total. The summed E-state index contributed by atoms with van der Waals surface area (Å²) in [5, 5.41) is 0. The molecule has 1 fully saturated rings. The lowest BCUT2D eigenvalue weighted by Crippen LogP contribution is -2.36. The molecule has 5 heteroatoms. The van der Waals surface area contributed by atoms with Crippen molar-refractivity contribution < 1.29 is 9.53 Å². The summed E-state index contributed by atoms with van der Waals surface area (Å²) in [5.74, 6) is 1.63. The summed E-state index contributed by atoms with van der Waals surface area (Å²) >= 11 is 0. The molecule has 1 aliphatic rings. The van der Waals surface area contributed by atoms with Crippen molar-refractivity contribution in [1.29, 1.82) is 0 Å². The number of aryl methyl sites for hydroxylation is 1. The third-order valence-corrected chi connectivity index (χ3v) is 6.15. The summed E-state index contributed by atoms with van der Waals surface area (Å²) in [6, 6.07) is 14.6. The Kier molecular flexibility index (Phi) is 6.41. The van der Waals surface area contributed by atoms with E-state index in [9.17, 15) is 4.79 Å². The summed E-state index contributed by atoms with van der Waals surface area (Å²) < 4.78 is 5.61. The van der Waals surface area contributed by atoms with Crippen LogP contribution in [0.25, 0.3) is 17.5 Å². The van der Waals surface area contributed by atoms with Gasteiger partial charge < -0.3 is 14.6 Å². The number of benzene rings is 2. The zero-order valence-electron chi connectivity index (χ0n) is 20.2. The van der Waals surface area contributed by atoms with Gasteiger partial charge in [0.15, 0.2) is 0 Å². The van der Waals surface area contributed by atoms with Gasteiger partial charge in [0.2, 0.25) is 5.91 Å². The average molecular weight is 444 g/mol. The molecule has 2 aromatic carbocycles. The van der Waals surface area contributed by atoms with Gasteiger partial charge >= 0.3 is 0 Å². The topological polar surface area (TPSA) is 58.2 Å². The van der Waals surface area contributed by atoms with Crippen molar-refractivity contribution in [3.05, 3.63) is 76.6 Å². The normalized spacial score (nSPS) is 15.8. The maximum atomic E-state index is 13.2. The number of likely N-dealkylation sites (tertiary alicyclic amines) is 1. The van der Waals surface area contributed by atoms with E-state index in [-0.39, 0.29) is 11.3 Å². The number of carbonyl (C=O) groups excluding carboxylic acids is 1. The fraction of sp³-hybridized carbons (Fsp3) is 0.357. The van der Waals surface area contributed by atoms with Crippen molar-refractivity contribution in [1.82, 2.24) is 14.9 Å². The molecule has 3 aromatic rings. The number of carbonyl (C=O) groups is 1. The minimum absolute atomic E-state index is 0.117. The fourth-order valence-corrected chi connectivity index (χ4v) is 4.23. The van der Waals surface area contributed by atoms with E-state index in [4.69, 9.17) is 4.74 Å². The van der Waals surface area contributed by atoms with Crippen LogP contribution >= 0.6 is 0 Å². The lowest BCUT2D eigenvalue weighted by molar-refractivity contribution is -0.129. The highest BCUT2D eigenvalue weighted by atomic mass is 16.5. The Morgan fingerprint density at radius 3 is 2.55 bits per heavy atom. The van der Waals surface area contributed by atoms with Crippen molar-refractivity contribution in [2.45, 2.75) is 52.5 Å². The van der Waals surface area contributed by atoms with Gasteiger partial charge in [-0.05, 0) is 60.1 Å². The lowest BCUT2D eigenvalue weighted by Gasteiger charge is -2.29. The standard InChI is InChI=1S/C28H33N3O2/c1-19-17-29-26(30-19)24-13-10-21(16-25(24)33-5)15-22-7-6-14-31(27(22)32)18-20-8-11-23(12-9-20)28(2,3)4/h8-13,15-17H,6-7,14,18H2,1-5H3,(H,29,30). The summed E-state index contributed by atoms with van der Waals surface area (Å²) in [7, 11) is 1.66. The molecule has 0 unspecified atom stereocenters. The van der Waals surface area contributed by atoms with Crippen LogP contribution in [-0.2, 0) is 16.8 Å². The van der Waals surface area contributed by atoms with Gasteiger partial charge in [0.25, 0.3) is 0 Å². The van der Waals surface area contributed by atoms with Crippen LogP contribution in [-0.4, -0.2) is 34.4 Å². The van der Waals surface area contributed by atoms with Gasteiger partial charge in [0, 0.05) is 30.6 Å². The Hall–Kier alpha value is -3.34. The molecule has 1 aromatic heterocycles. The predicted molar refractivity (Wildman–Crippen MR) is 133 cm³/mol. The largest absolute Gasteiger partial charge is 0.496 e. The molecular formula is C28H33N3O2. The number of rotatable bonds is 5. The molecule has 5 nitrogen and oxygen atoms in total. The first-order valence-corrected chi connectivity index (χ1v) is 11.5. The molecular weight excluding hydrogens is 410 g/mol. The number of aromatic nitrogens is 2.